The lowest BCUT2D eigenvalue weighted by Crippen LogP contribution is -2.24. The summed E-state index contributed by atoms with van der Waals surface area (Å²) in [5.74, 6) is 0.632. The van der Waals surface area contributed by atoms with Gasteiger partial charge < -0.3 is 20.1 Å². The van der Waals surface area contributed by atoms with Gasteiger partial charge in [-0.05, 0) is 34.7 Å². The summed E-state index contributed by atoms with van der Waals surface area (Å²) >= 11 is 2.66. The molecule has 0 aliphatic heterocycles. The van der Waals surface area contributed by atoms with Crippen molar-refractivity contribution >= 4 is 39.5 Å². The largest absolute Gasteiger partial charge is 0.493 e. The number of nitrogens with one attached hydrogen (secondary N) is 2. The van der Waals surface area contributed by atoms with Crippen molar-refractivity contribution in [2.75, 3.05) is 19.5 Å². The van der Waals surface area contributed by atoms with Crippen LogP contribution in [-0.2, 0) is 6.54 Å². The summed E-state index contributed by atoms with van der Waals surface area (Å²) in [4.78, 5) is 26.6. The molecule has 2 aromatic heterocycles. The number of ether oxygens (including phenoxy) is 2. The lowest BCUT2D eigenvalue weighted by Gasteiger charge is -2.12. The molecule has 0 saturated carbocycles. The predicted octanol–water partition coefficient (Wildman–Crippen LogP) is 5.68. The molecule has 6 nitrogen and oxygen atoms in total. The van der Waals surface area contributed by atoms with Crippen LogP contribution >= 0.6 is 22.7 Å². The summed E-state index contributed by atoms with van der Waals surface area (Å²) in [6, 6.07) is 18.7. The molecule has 0 saturated heterocycles. The van der Waals surface area contributed by atoms with E-state index in [-0.39, 0.29) is 11.8 Å². The van der Waals surface area contributed by atoms with Crippen LogP contribution in [-0.4, -0.2) is 26.0 Å². The number of hydrogen-bond donors (Lipinski definition) is 2. The zero-order valence-electron chi connectivity index (χ0n) is 18.1. The van der Waals surface area contributed by atoms with Crippen molar-refractivity contribution in [1.29, 1.82) is 0 Å². The first-order chi connectivity index (χ1) is 16.1. The first-order valence-electron chi connectivity index (χ1n) is 10.1. The van der Waals surface area contributed by atoms with E-state index in [1.165, 1.54) is 22.7 Å². The van der Waals surface area contributed by atoms with Gasteiger partial charge in [0.25, 0.3) is 11.8 Å². The molecule has 0 radical (unpaired) electrons. The minimum atomic E-state index is -0.272. The van der Waals surface area contributed by atoms with Crippen LogP contribution in [0.5, 0.6) is 11.5 Å². The molecule has 0 aliphatic rings. The Morgan fingerprint density at radius 1 is 0.879 bits per heavy atom. The molecule has 2 heterocycles. The monoisotopic (exact) mass is 478 g/mol. The van der Waals surface area contributed by atoms with Gasteiger partial charge in [0, 0.05) is 17.5 Å². The zero-order chi connectivity index (χ0) is 23.2. The smallest absolute Gasteiger partial charge is 0.266 e. The summed E-state index contributed by atoms with van der Waals surface area (Å²) in [6.07, 6.45) is 0. The summed E-state index contributed by atoms with van der Waals surface area (Å²) in [5.41, 5.74) is 2.88. The average molecular weight is 479 g/mol. The Morgan fingerprint density at radius 2 is 1.67 bits per heavy atom. The fourth-order valence-electron chi connectivity index (χ4n) is 3.33. The second-order valence-electron chi connectivity index (χ2n) is 7.02. The molecule has 0 fully saturated rings. The van der Waals surface area contributed by atoms with Crippen LogP contribution in [0.3, 0.4) is 0 Å². The number of benzene rings is 2. The minimum absolute atomic E-state index is 0.247. The van der Waals surface area contributed by atoms with Crippen LogP contribution in [0, 0.1) is 0 Å². The molecule has 2 N–H and O–H groups in total. The Bertz CT molecular complexity index is 1250. The van der Waals surface area contributed by atoms with Crippen LogP contribution < -0.4 is 20.1 Å². The minimum Gasteiger partial charge on any atom is -0.493 e. The molecular weight excluding hydrogens is 456 g/mol. The first kappa shape index (κ1) is 22.6. The van der Waals surface area contributed by atoms with E-state index >= 15 is 0 Å². The summed E-state index contributed by atoms with van der Waals surface area (Å²) in [6.45, 7) is 0.374. The van der Waals surface area contributed by atoms with Gasteiger partial charge in [-0.25, -0.2) is 0 Å². The third-order valence-corrected chi connectivity index (χ3v) is 6.74. The number of methoxy groups -OCH3 is 2. The van der Waals surface area contributed by atoms with Crippen LogP contribution in [0.15, 0.2) is 71.4 Å². The quantitative estimate of drug-likeness (QED) is 0.342. The Balaban J connectivity index is 1.69. The van der Waals surface area contributed by atoms with Crippen LogP contribution in [0.2, 0.25) is 0 Å². The van der Waals surface area contributed by atoms with E-state index < -0.39 is 0 Å². The fourth-order valence-corrected chi connectivity index (χ4v) is 4.91. The van der Waals surface area contributed by atoms with Crippen molar-refractivity contribution < 1.29 is 19.1 Å². The molecule has 168 valence electrons. The van der Waals surface area contributed by atoms with Gasteiger partial charge in [-0.3, -0.25) is 9.59 Å². The van der Waals surface area contributed by atoms with E-state index in [4.69, 9.17) is 9.47 Å². The summed E-state index contributed by atoms with van der Waals surface area (Å²) < 4.78 is 10.8. The van der Waals surface area contributed by atoms with Gasteiger partial charge >= 0.3 is 0 Å². The molecule has 0 aliphatic carbocycles. The standard InChI is InChI=1S/C25H22N2O4S2/c1-30-19-11-10-17(13-20(19)31-2)18-15-33-25(27-23(28)21-9-6-12-32-21)22(18)24(29)26-14-16-7-4-3-5-8-16/h3-13,15H,14H2,1-2H3,(H,26,29)(H,27,28). The van der Waals surface area contributed by atoms with Gasteiger partial charge in [0.05, 0.1) is 24.7 Å². The van der Waals surface area contributed by atoms with E-state index in [1.807, 2.05) is 59.3 Å². The van der Waals surface area contributed by atoms with Gasteiger partial charge in [0.2, 0.25) is 0 Å². The van der Waals surface area contributed by atoms with Crippen molar-refractivity contribution in [2.45, 2.75) is 6.54 Å². The molecule has 33 heavy (non-hydrogen) atoms. The number of thiophene rings is 2. The van der Waals surface area contributed by atoms with Crippen LogP contribution in [0.4, 0.5) is 5.00 Å². The Labute approximate surface area is 199 Å². The number of anilines is 1. The highest BCUT2D eigenvalue weighted by atomic mass is 32.1. The Hall–Kier alpha value is -3.62. The second kappa shape index (κ2) is 10.3. The molecule has 0 atom stereocenters. The molecule has 0 unspecified atom stereocenters. The van der Waals surface area contributed by atoms with Crippen molar-refractivity contribution in [3.8, 4) is 22.6 Å². The van der Waals surface area contributed by atoms with Crippen LogP contribution in [0.1, 0.15) is 25.6 Å². The Kier molecular flexibility index (Phi) is 7.07. The third-order valence-electron chi connectivity index (χ3n) is 4.98. The lowest BCUT2D eigenvalue weighted by molar-refractivity contribution is 0.0953. The summed E-state index contributed by atoms with van der Waals surface area (Å²) in [7, 11) is 3.14. The molecular formula is C25H22N2O4S2. The topological polar surface area (TPSA) is 76.7 Å². The number of carbonyl (C=O) groups is 2. The summed E-state index contributed by atoms with van der Waals surface area (Å²) in [5, 5.41) is 10.1. The maximum absolute atomic E-state index is 13.3. The van der Waals surface area contributed by atoms with Gasteiger partial charge in [-0.1, -0.05) is 42.5 Å². The second-order valence-corrected chi connectivity index (χ2v) is 8.85. The van der Waals surface area contributed by atoms with E-state index in [0.717, 1.165) is 11.1 Å². The third kappa shape index (κ3) is 5.08. The van der Waals surface area contributed by atoms with E-state index in [1.54, 1.807) is 26.4 Å². The van der Waals surface area contributed by atoms with Crippen molar-refractivity contribution in [3.63, 3.8) is 0 Å². The van der Waals surface area contributed by atoms with E-state index in [2.05, 4.69) is 10.6 Å². The van der Waals surface area contributed by atoms with Crippen LogP contribution in [0.25, 0.3) is 11.1 Å². The Morgan fingerprint density at radius 3 is 2.36 bits per heavy atom. The maximum Gasteiger partial charge on any atom is 0.266 e. The average Bonchev–Trinajstić information content (AvgIpc) is 3.53. The lowest BCUT2D eigenvalue weighted by atomic mass is 10.0. The number of amides is 2. The molecule has 4 aromatic rings. The van der Waals surface area contributed by atoms with Gasteiger partial charge in [0.15, 0.2) is 11.5 Å². The molecule has 0 bridgehead atoms. The van der Waals surface area contributed by atoms with E-state index in [9.17, 15) is 9.59 Å². The van der Waals surface area contributed by atoms with Gasteiger partial charge in [0.1, 0.15) is 5.00 Å². The number of carbonyl (C=O) groups excluding carboxylic acids is 2. The molecule has 0 spiro atoms. The molecule has 4 rings (SSSR count). The van der Waals surface area contributed by atoms with E-state index in [0.29, 0.717) is 39.0 Å². The number of rotatable bonds is 8. The maximum atomic E-state index is 13.3. The normalized spacial score (nSPS) is 10.5. The fraction of sp³-hybridized carbons (Fsp3) is 0.120. The molecule has 2 amide bonds. The number of hydrogen-bond acceptors (Lipinski definition) is 6. The van der Waals surface area contributed by atoms with Crippen molar-refractivity contribution in [3.05, 3.63) is 87.4 Å². The predicted molar refractivity (Wildman–Crippen MR) is 133 cm³/mol. The highest BCUT2D eigenvalue weighted by molar-refractivity contribution is 7.15. The first-order valence-corrected chi connectivity index (χ1v) is 11.9. The molecule has 8 heteroatoms. The van der Waals surface area contributed by atoms with Crippen molar-refractivity contribution in [1.82, 2.24) is 5.32 Å². The zero-order valence-corrected chi connectivity index (χ0v) is 19.7. The van der Waals surface area contributed by atoms with Gasteiger partial charge in [-0.15, -0.1) is 22.7 Å². The highest BCUT2D eigenvalue weighted by Crippen LogP contribution is 2.39. The SMILES string of the molecule is COc1ccc(-c2csc(NC(=O)c3cccs3)c2C(=O)NCc2ccccc2)cc1OC. The highest BCUT2D eigenvalue weighted by Gasteiger charge is 2.23. The van der Waals surface area contributed by atoms with Crippen molar-refractivity contribution in [2.24, 2.45) is 0 Å². The molecule has 2 aromatic carbocycles. The van der Waals surface area contributed by atoms with Gasteiger partial charge in [-0.2, -0.15) is 0 Å².